The van der Waals surface area contributed by atoms with Crippen LogP contribution in [0, 0.1) is 0 Å². The zero-order chi connectivity index (χ0) is 11.3. The number of nitrogens with one attached hydrogen (secondary N) is 1. The molecule has 1 unspecified atom stereocenters. The molecule has 0 aromatic carbocycles. The van der Waals surface area contributed by atoms with Gasteiger partial charge in [0.25, 0.3) is 0 Å². The summed E-state index contributed by atoms with van der Waals surface area (Å²) in [5.74, 6) is 0. The normalized spacial score (nSPS) is 34.3. The molecule has 3 fully saturated rings. The lowest BCUT2D eigenvalue weighted by atomic mass is 9.83. The van der Waals surface area contributed by atoms with Crippen molar-refractivity contribution in [3.63, 3.8) is 0 Å². The van der Waals surface area contributed by atoms with Crippen molar-refractivity contribution in [2.75, 3.05) is 26.2 Å². The summed E-state index contributed by atoms with van der Waals surface area (Å²) < 4.78 is 0. The van der Waals surface area contributed by atoms with Crippen LogP contribution in [-0.2, 0) is 0 Å². The maximum Gasteiger partial charge on any atom is 0.0219 e. The Hall–Kier alpha value is -0.0800. The van der Waals surface area contributed by atoms with Crippen LogP contribution in [0.1, 0.15) is 58.3 Å². The van der Waals surface area contributed by atoms with E-state index in [0.29, 0.717) is 5.54 Å². The molecule has 1 N–H and O–H groups in total. The zero-order valence-electron chi connectivity index (χ0n) is 10.9. The van der Waals surface area contributed by atoms with Gasteiger partial charge >= 0.3 is 0 Å². The molecule has 94 valence electrons. The summed E-state index contributed by atoms with van der Waals surface area (Å²) in [6.45, 7) is 7.60. The van der Waals surface area contributed by atoms with E-state index in [-0.39, 0.29) is 0 Å². The van der Waals surface area contributed by atoms with Crippen molar-refractivity contribution < 1.29 is 0 Å². The monoisotopic (exact) mass is 224 g/mol. The minimum Gasteiger partial charge on any atom is -0.317 e. The lowest BCUT2D eigenvalue weighted by Gasteiger charge is -2.48. The van der Waals surface area contributed by atoms with Gasteiger partial charge in [-0.3, -0.25) is 4.90 Å². The largest absolute Gasteiger partial charge is 0.317 e. The Kier molecular flexibility index (Phi) is 4.66. The summed E-state index contributed by atoms with van der Waals surface area (Å²) >= 11 is 0. The quantitative estimate of drug-likeness (QED) is 0.737. The lowest BCUT2D eigenvalue weighted by Crippen LogP contribution is -2.54. The van der Waals surface area contributed by atoms with E-state index >= 15 is 0 Å². The van der Waals surface area contributed by atoms with E-state index in [1.54, 1.807) is 0 Å². The fraction of sp³-hybridized carbons (Fsp3) is 1.00. The van der Waals surface area contributed by atoms with Crippen molar-refractivity contribution in [3.05, 3.63) is 0 Å². The third-order valence-electron chi connectivity index (χ3n) is 4.70. The maximum atomic E-state index is 3.35. The Morgan fingerprint density at radius 3 is 2.12 bits per heavy atom. The van der Waals surface area contributed by atoms with Crippen LogP contribution in [0.2, 0.25) is 0 Å². The lowest BCUT2D eigenvalue weighted by molar-refractivity contribution is 0.0245. The summed E-state index contributed by atoms with van der Waals surface area (Å²) in [6, 6.07) is 0. The van der Waals surface area contributed by atoms with Crippen LogP contribution < -0.4 is 5.32 Å². The van der Waals surface area contributed by atoms with E-state index in [1.807, 2.05) is 0 Å². The predicted octanol–water partition coefficient (Wildman–Crippen LogP) is 2.78. The topological polar surface area (TPSA) is 15.3 Å². The van der Waals surface area contributed by atoms with Crippen LogP contribution in [0.5, 0.6) is 0 Å². The van der Waals surface area contributed by atoms with Gasteiger partial charge in [0.1, 0.15) is 0 Å². The molecule has 0 amide bonds. The first-order valence-corrected chi connectivity index (χ1v) is 7.33. The third-order valence-corrected chi connectivity index (χ3v) is 4.70. The van der Waals surface area contributed by atoms with E-state index in [0.717, 1.165) is 0 Å². The molecule has 0 saturated carbocycles. The molecule has 3 heterocycles. The first kappa shape index (κ1) is 12.4. The number of hydrogen-bond acceptors (Lipinski definition) is 2. The second kappa shape index (κ2) is 6.02. The highest BCUT2D eigenvalue weighted by molar-refractivity contribution is 5.02. The van der Waals surface area contributed by atoms with E-state index in [1.165, 1.54) is 77.5 Å². The van der Waals surface area contributed by atoms with Crippen LogP contribution in [0.3, 0.4) is 0 Å². The van der Waals surface area contributed by atoms with Crippen molar-refractivity contribution in [1.82, 2.24) is 10.2 Å². The molecule has 2 nitrogen and oxygen atoms in total. The predicted molar refractivity (Wildman–Crippen MR) is 69.8 cm³/mol. The minimum atomic E-state index is 0.708. The Morgan fingerprint density at radius 2 is 1.69 bits per heavy atom. The highest BCUT2D eigenvalue weighted by Gasteiger charge is 2.45. The van der Waals surface area contributed by atoms with Crippen molar-refractivity contribution in [2.24, 2.45) is 0 Å². The van der Waals surface area contributed by atoms with Gasteiger partial charge in [-0.25, -0.2) is 0 Å². The molecule has 0 aliphatic carbocycles. The molecule has 0 radical (unpaired) electrons. The molecular formula is C14H28N2. The number of hydrogen-bond donors (Lipinski definition) is 1. The van der Waals surface area contributed by atoms with Crippen LogP contribution in [0.15, 0.2) is 0 Å². The van der Waals surface area contributed by atoms with Gasteiger partial charge in [-0.15, -0.1) is 0 Å². The minimum absolute atomic E-state index is 0.708. The van der Waals surface area contributed by atoms with Gasteiger partial charge in [0.05, 0.1) is 0 Å². The van der Waals surface area contributed by atoms with Crippen LogP contribution in [-0.4, -0.2) is 36.6 Å². The zero-order valence-corrected chi connectivity index (χ0v) is 10.9. The molecule has 3 aliphatic rings. The van der Waals surface area contributed by atoms with Gasteiger partial charge in [0.15, 0.2) is 0 Å². The molecule has 3 saturated heterocycles. The molecule has 1 atom stereocenters. The molecule has 3 rings (SSSR count). The van der Waals surface area contributed by atoms with E-state index in [4.69, 9.17) is 0 Å². The molecule has 3 aliphatic heterocycles. The van der Waals surface area contributed by atoms with Gasteiger partial charge in [-0.2, -0.15) is 0 Å². The fourth-order valence-electron chi connectivity index (χ4n) is 3.37. The average molecular weight is 224 g/mol. The molecule has 0 spiro atoms. The molecular weight excluding hydrogens is 196 g/mol. The number of rotatable bonds is 1. The van der Waals surface area contributed by atoms with Gasteiger partial charge in [0.2, 0.25) is 0 Å². The van der Waals surface area contributed by atoms with Gasteiger partial charge in [-0.1, -0.05) is 19.8 Å². The first-order chi connectivity index (χ1) is 7.87. The van der Waals surface area contributed by atoms with Crippen LogP contribution >= 0.6 is 0 Å². The Labute approximate surface area is 101 Å². The van der Waals surface area contributed by atoms with E-state index < -0.39 is 0 Å². The second-order valence-electron chi connectivity index (χ2n) is 5.58. The third kappa shape index (κ3) is 2.78. The van der Waals surface area contributed by atoms with Crippen molar-refractivity contribution in [2.45, 2.75) is 63.8 Å². The smallest absolute Gasteiger partial charge is 0.0219 e. The summed E-state index contributed by atoms with van der Waals surface area (Å²) in [5.41, 5.74) is 0.708. The van der Waals surface area contributed by atoms with Crippen molar-refractivity contribution in [3.8, 4) is 0 Å². The molecule has 0 bridgehead atoms. The average Bonchev–Trinajstić information content (AvgIpc) is 2.56. The molecule has 0 aromatic heterocycles. The molecule has 2 heteroatoms. The Morgan fingerprint density at radius 1 is 0.938 bits per heavy atom. The summed E-state index contributed by atoms with van der Waals surface area (Å²) in [5, 5.41) is 3.35. The second-order valence-corrected chi connectivity index (χ2v) is 5.58. The van der Waals surface area contributed by atoms with Crippen LogP contribution in [0.4, 0.5) is 0 Å². The van der Waals surface area contributed by atoms with Gasteiger partial charge < -0.3 is 5.32 Å². The SMILES string of the molecule is C1CCCNCC1.CCC12CCCN1CC2. The molecule has 0 aromatic rings. The summed E-state index contributed by atoms with van der Waals surface area (Å²) in [7, 11) is 0. The van der Waals surface area contributed by atoms with Crippen molar-refractivity contribution in [1.29, 1.82) is 0 Å². The standard InChI is InChI=1S/C8H15N.C6H13N/c1-2-8-4-3-6-9(8)7-5-8;1-2-4-6-7-5-3-1/h2-7H2,1H3;7H,1-6H2. The highest BCUT2D eigenvalue weighted by atomic mass is 15.3. The number of fused-ring (bicyclic) bond motifs is 1. The molecule has 16 heavy (non-hydrogen) atoms. The van der Waals surface area contributed by atoms with E-state index in [2.05, 4.69) is 17.1 Å². The van der Waals surface area contributed by atoms with Gasteiger partial charge in [0, 0.05) is 12.1 Å². The number of nitrogens with zero attached hydrogens (tertiary/aromatic N) is 1. The first-order valence-electron chi connectivity index (χ1n) is 7.33. The highest BCUT2D eigenvalue weighted by Crippen LogP contribution is 2.42. The Bertz CT molecular complexity index is 181. The van der Waals surface area contributed by atoms with Crippen LogP contribution in [0.25, 0.3) is 0 Å². The van der Waals surface area contributed by atoms with E-state index in [9.17, 15) is 0 Å². The van der Waals surface area contributed by atoms with Crippen molar-refractivity contribution >= 4 is 0 Å². The fourth-order valence-corrected chi connectivity index (χ4v) is 3.37. The maximum absolute atomic E-state index is 3.35. The van der Waals surface area contributed by atoms with Gasteiger partial charge in [-0.05, 0) is 58.2 Å². The Balaban J connectivity index is 0.000000125. The summed E-state index contributed by atoms with van der Waals surface area (Å²) in [6.07, 6.45) is 11.4. The summed E-state index contributed by atoms with van der Waals surface area (Å²) in [4.78, 5) is 2.66.